The van der Waals surface area contributed by atoms with Gasteiger partial charge < -0.3 is 49.8 Å². The number of carbonyl (C=O) groups excluding carboxylic acids is 4. The van der Waals surface area contributed by atoms with Crippen molar-refractivity contribution in [1.82, 2.24) is 9.80 Å². The molecular formula is C16H16MgN2Na2O10. The minimum Gasteiger partial charge on any atom is -0.549 e. The molecule has 0 radical (unpaired) electrons. The Balaban J connectivity index is -0.00000261. The van der Waals surface area contributed by atoms with Crippen LogP contribution in [0.3, 0.4) is 0 Å². The molecule has 0 bridgehead atoms. The van der Waals surface area contributed by atoms with Gasteiger partial charge in [-0.3, -0.25) is 9.80 Å². The van der Waals surface area contributed by atoms with E-state index in [0.29, 0.717) is 0 Å². The van der Waals surface area contributed by atoms with Crippen LogP contribution in [0.25, 0.3) is 0 Å². The van der Waals surface area contributed by atoms with Crippen molar-refractivity contribution in [2.24, 2.45) is 0 Å². The maximum atomic E-state index is 10.7. The van der Waals surface area contributed by atoms with Gasteiger partial charge >= 0.3 is 82.2 Å². The van der Waals surface area contributed by atoms with Crippen LogP contribution in [0.15, 0.2) is 12.1 Å². The first-order valence-corrected chi connectivity index (χ1v) is 7.76. The normalized spacial score (nSPS) is 9.87. The number of hydrogen-bond donors (Lipinski definition) is 2. The van der Waals surface area contributed by atoms with Crippen molar-refractivity contribution < 1.29 is 109 Å². The summed E-state index contributed by atoms with van der Waals surface area (Å²) in [5.41, 5.74) is -0.0646. The van der Waals surface area contributed by atoms with Gasteiger partial charge in [-0.25, -0.2) is 0 Å². The third-order valence-corrected chi connectivity index (χ3v) is 3.52. The molecule has 0 saturated carbocycles. The van der Waals surface area contributed by atoms with E-state index in [1.165, 1.54) is 12.1 Å². The van der Waals surface area contributed by atoms with Gasteiger partial charge in [0, 0.05) is 50.4 Å². The van der Waals surface area contributed by atoms with Crippen molar-refractivity contribution in [3.05, 3.63) is 23.3 Å². The quantitative estimate of drug-likeness (QED) is 0.217. The summed E-state index contributed by atoms with van der Waals surface area (Å²) >= 11 is 0. The number of aliphatic carboxylic acids is 4. The van der Waals surface area contributed by atoms with E-state index in [1.807, 2.05) is 0 Å². The fraction of sp³-hybridized carbons (Fsp3) is 0.375. The minimum atomic E-state index is -1.57. The second-order valence-electron chi connectivity index (χ2n) is 5.86. The summed E-state index contributed by atoms with van der Waals surface area (Å²) in [7, 11) is 0. The summed E-state index contributed by atoms with van der Waals surface area (Å²) in [5.74, 6) is -7.69. The molecule has 0 saturated heterocycles. The fourth-order valence-electron chi connectivity index (χ4n) is 2.47. The SMILES string of the molecule is O=C([O-])CN(CC(=O)[O-])Cc1ccc(CN(CC(=O)[O-])CC(=O)[O-])c(O)c1O.[Mg+2].[Na+].[Na+]. The van der Waals surface area contributed by atoms with Crippen LogP contribution < -0.4 is 79.5 Å². The molecule has 1 rings (SSSR count). The van der Waals surface area contributed by atoms with Crippen LogP contribution in [0.2, 0.25) is 0 Å². The van der Waals surface area contributed by atoms with Crippen LogP contribution in [0.5, 0.6) is 11.5 Å². The summed E-state index contributed by atoms with van der Waals surface area (Å²) in [6.45, 7) is -3.88. The zero-order valence-corrected chi connectivity index (χ0v) is 22.6. The summed E-state index contributed by atoms with van der Waals surface area (Å²) in [6.07, 6.45) is 0. The van der Waals surface area contributed by atoms with Crippen LogP contribution in [0.4, 0.5) is 0 Å². The molecule has 1 aromatic rings. The average Bonchev–Trinajstić information content (AvgIpc) is 2.52. The number of rotatable bonds is 12. The fourth-order valence-corrected chi connectivity index (χ4v) is 2.47. The number of aromatic hydroxyl groups is 2. The van der Waals surface area contributed by atoms with Crippen molar-refractivity contribution in [1.29, 1.82) is 0 Å². The van der Waals surface area contributed by atoms with Crippen molar-refractivity contribution in [3.63, 3.8) is 0 Å². The van der Waals surface area contributed by atoms with Gasteiger partial charge in [0.15, 0.2) is 11.5 Å². The first-order chi connectivity index (χ1) is 13.0. The number of hydrogen-bond acceptors (Lipinski definition) is 12. The Kier molecular flexibility index (Phi) is 19.1. The summed E-state index contributed by atoms with van der Waals surface area (Å²) in [5, 5.41) is 63.0. The van der Waals surface area contributed by atoms with Gasteiger partial charge in [0.1, 0.15) is 0 Å². The Labute approximate surface area is 237 Å². The van der Waals surface area contributed by atoms with Gasteiger partial charge in [-0.15, -0.1) is 0 Å². The number of phenols is 2. The van der Waals surface area contributed by atoms with Crippen molar-refractivity contribution in [2.75, 3.05) is 26.2 Å². The number of carboxylic acid groups (broad SMARTS) is 4. The molecule has 0 aliphatic heterocycles. The van der Waals surface area contributed by atoms with E-state index in [4.69, 9.17) is 0 Å². The second-order valence-corrected chi connectivity index (χ2v) is 5.86. The predicted molar refractivity (Wildman–Crippen MR) is 86.1 cm³/mol. The summed E-state index contributed by atoms with van der Waals surface area (Å²) in [4.78, 5) is 44.5. The monoisotopic (exact) mass is 466 g/mol. The third-order valence-electron chi connectivity index (χ3n) is 3.52. The Bertz CT molecular complexity index is 686. The van der Waals surface area contributed by atoms with E-state index in [-0.39, 0.29) is 106 Å². The van der Waals surface area contributed by atoms with Crippen LogP contribution in [0, 0.1) is 0 Å². The van der Waals surface area contributed by atoms with Gasteiger partial charge in [-0.05, 0) is 0 Å². The first kappa shape index (κ1) is 35.0. The zero-order valence-electron chi connectivity index (χ0n) is 17.2. The largest absolute Gasteiger partial charge is 2.00 e. The first-order valence-electron chi connectivity index (χ1n) is 7.76. The number of benzene rings is 1. The van der Waals surface area contributed by atoms with Gasteiger partial charge in [-0.1, -0.05) is 12.1 Å². The topological polar surface area (TPSA) is 207 Å². The molecule has 0 fully saturated rings. The van der Waals surface area contributed by atoms with Crippen LogP contribution >= 0.6 is 0 Å². The van der Waals surface area contributed by atoms with E-state index in [2.05, 4.69) is 0 Å². The van der Waals surface area contributed by atoms with Crippen LogP contribution in [-0.2, 0) is 32.3 Å². The Hall–Kier alpha value is -0.614. The Morgan fingerprint density at radius 2 is 0.871 bits per heavy atom. The van der Waals surface area contributed by atoms with E-state index in [1.54, 1.807) is 0 Å². The van der Waals surface area contributed by atoms with Gasteiger partial charge in [-0.2, -0.15) is 0 Å². The molecule has 0 aliphatic carbocycles. The molecule has 2 N–H and O–H groups in total. The molecule has 0 aromatic heterocycles. The third kappa shape index (κ3) is 13.5. The van der Waals surface area contributed by atoms with Crippen molar-refractivity contribution >= 4 is 46.9 Å². The van der Waals surface area contributed by atoms with Crippen LogP contribution in [-0.4, -0.2) is 93.1 Å². The number of carboxylic acids is 4. The Morgan fingerprint density at radius 1 is 0.645 bits per heavy atom. The summed E-state index contributed by atoms with van der Waals surface area (Å²) < 4.78 is 0. The van der Waals surface area contributed by atoms with E-state index in [0.717, 1.165) is 9.80 Å². The number of carbonyl (C=O) groups is 4. The number of nitrogens with zero attached hydrogens (tertiary/aromatic N) is 2. The van der Waals surface area contributed by atoms with Crippen LogP contribution in [0.1, 0.15) is 11.1 Å². The number of phenolic OH excluding ortho intramolecular Hbond substituents is 2. The maximum Gasteiger partial charge on any atom is 2.00 e. The van der Waals surface area contributed by atoms with E-state index >= 15 is 0 Å². The second kappa shape index (κ2) is 16.9. The Morgan fingerprint density at radius 3 is 1.06 bits per heavy atom. The molecule has 0 unspecified atom stereocenters. The molecule has 154 valence electrons. The van der Waals surface area contributed by atoms with Gasteiger partial charge in [0.25, 0.3) is 0 Å². The van der Waals surface area contributed by atoms with Crippen molar-refractivity contribution in [3.8, 4) is 11.5 Å². The maximum absolute atomic E-state index is 10.7. The zero-order chi connectivity index (χ0) is 21.4. The molecule has 0 heterocycles. The molecule has 15 heteroatoms. The molecule has 31 heavy (non-hydrogen) atoms. The van der Waals surface area contributed by atoms with Crippen molar-refractivity contribution in [2.45, 2.75) is 13.1 Å². The van der Waals surface area contributed by atoms with E-state index in [9.17, 15) is 49.8 Å². The molecule has 1 aromatic carbocycles. The molecule has 0 aliphatic rings. The molecule has 12 nitrogen and oxygen atoms in total. The smallest absolute Gasteiger partial charge is 0.549 e. The average molecular weight is 467 g/mol. The molecule has 0 amide bonds. The van der Waals surface area contributed by atoms with Gasteiger partial charge in [0.2, 0.25) is 0 Å². The molecule has 0 atom stereocenters. The summed E-state index contributed by atoms with van der Waals surface area (Å²) in [6, 6.07) is 2.47. The molecular weight excluding hydrogens is 450 g/mol. The molecule has 0 spiro atoms. The standard InChI is InChI=1S/C16H20N2O10.Mg.2Na/c19-11(20)5-17(6-12(21)22)3-9-1-2-10(16(28)15(9)27)4-18(7-13(23)24)8-14(25)26;;;/h1-2,27-28H,3-8H2,(H,19,20)(H,21,22)(H,23,24)(H,25,26);;;/q;+2;2*+1/p-4. The minimum absolute atomic E-state index is 0. The predicted octanol–water partition coefficient (Wildman–Crippen LogP) is -12.7. The van der Waals surface area contributed by atoms with E-state index < -0.39 is 61.6 Å². The van der Waals surface area contributed by atoms with Gasteiger partial charge in [0.05, 0.1) is 23.9 Å².